The summed E-state index contributed by atoms with van der Waals surface area (Å²) < 4.78 is 1.49. The van der Waals surface area contributed by atoms with E-state index >= 15 is 0 Å². The molecule has 0 aliphatic rings. The molecule has 154 valence electrons. The average Bonchev–Trinajstić information content (AvgIpc) is 3.09. The topological polar surface area (TPSA) is 102 Å². The van der Waals surface area contributed by atoms with Gasteiger partial charge in [-0.3, -0.25) is 25.0 Å². The van der Waals surface area contributed by atoms with Gasteiger partial charge in [-0.2, -0.15) is 0 Å². The number of hydrogen-bond acceptors (Lipinski definition) is 7. The van der Waals surface area contributed by atoms with E-state index in [0.717, 1.165) is 33.7 Å². The van der Waals surface area contributed by atoms with Crippen LogP contribution in [0.15, 0.2) is 29.1 Å². The molecule has 4 rings (SSSR count). The van der Waals surface area contributed by atoms with E-state index in [9.17, 15) is 9.59 Å². The van der Waals surface area contributed by atoms with Crippen LogP contribution in [0, 0.1) is 13.8 Å². The third-order valence-corrected chi connectivity index (χ3v) is 6.19. The van der Waals surface area contributed by atoms with E-state index in [0.29, 0.717) is 22.3 Å². The Hall–Kier alpha value is -3.33. The maximum absolute atomic E-state index is 12.9. The van der Waals surface area contributed by atoms with Crippen molar-refractivity contribution < 1.29 is 4.79 Å². The molecule has 0 radical (unpaired) electrons. The number of aryl methyl sites for hydroxylation is 3. The van der Waals surface area contributed by atoms with Gasteiger partial charge in [0.2, 0.25) is 5.95 Å². The van der Waals surface area contributed by atoms with Gasteiger partial charge in [0.25, 0.3) is 11.5 Å². The van der Waals surface area contributed by atoms with Gasteiger partial charge in [-0.15, -0.1) is 11.3 Å². The van der Waals surface area contributed by atoms with Crippen LogP contribution in [-0.4, -0.2) is 25.4 Å². The fourth-order valence-electron chi connectivity index (χ4n) is 3.50. The lowest BCUT2D eigenvalue weighted by molar-refractivity contribution is 0.0965. The van der Waals surface area contributed by atoms with Gasteiger partial charge < -0.3 is 0 Å². The Morgan fingerprint density at radius 3 is 2.63 bits per heavy atom. The molecule has 0 atom stereocenters. The van der Waals surface area contributed by atoms with Crippen molar-refractivity contribution in [2.45, 2.75) is 40.7 Å². The molecule has 0 saturated heterocycles. The summed E-state index contributed by atoms with van der Waals surface area (Å²) in [6, 6.07) is 7.14. The number of rotatable bonds is 5. The second kappa shape index (κ2) is 7.83. The highest BCUT2D eigenvalue weighted by Crippen LogP contribution is 2.31. The molecular weight excluding hydrogens is 400 g/mol. The summed E-state index contributed by atoms with van der Waals surface area (Å²) >= 11 is 1.33. The van der Waals surface area contributed by atoms with Crippen LogP contribution in [0.3, 0.4) is 0 Å². The highest BCUT2D eigenvalue weighted by Gasteiger charge is 2.19. The van der Waals surface area contributed by atoms with E-state index < -0.39 is 0 Å². The van der Waals surface area contributed by atoms with Gasteiger partial charge in [-0.1, -0.05) is 19.1 Å². The van der Waals surface area contributed by atoms with Crippen molar-refractivity contribution in [1.82, 2.24) is 24.9 Å². The first-order valence-electron chi connectivity index (χ1n) is 9.77. The van der Waals surface area contributed by atoms with E-state index in [4.69, 9.17) is 0 Å². The fourth-order valence-corrected chi connectivity index (χ4v) is 4.64. The summed E-state index contributed by atoms with van der Waals surface area (Å²) in [4.78, 5) is 40.5. The molecule has 9 heteroatoms. The lowest BCUT2D eigenvalue weighted by Crippen LogP contribution is -2.34. The van der Waals surface area contributed by atoms with Crippen molar-refractivity contribution in [1.29, 1.82) is 0 Å². The van der Waals surface area contributed by atoms with Crippen LogP contribution in [0.4, 0.5) is 5.95 Å². The Bertz CT molecular complexity index is 1340. The number of para-hydroxylation sites is 1. The van der Waals surface area contributed by atoms with Crippen LogP contribution >= 0.6 is 11.3 Å². The van der Waals surface area contributed by atoms with Crippen molar-refractivity contribution in [3.63, 3.8) is 0 Å². The van der Waals surface area contributed by atoms with Gasteiger partial charge in [-0.05, 0) is 38.5 Å². The molecule has 2 N–H and O–H groups in total. The molecule has 3 aromatic heterocycles. The largest absolute Gasteiger partial charge is 0.280 e. The van der Waals surface area contributed by atoms with E-state index in [1.54, 1.807) is 18.2 Å². The number of carbonyl (C=O) groups is 1. The minimum Gasteiger partial charge on any atom is -0.277 e. The monoisotopic (exact) mass is 422 g/mol. The predicted molar refractivity (Wildman–Crippen MR) is 119 cm³/mol. The third kappa shape index (κ3) is 3.30. The van der Waals surface area contributed by atoms with Gasteiger partial charge in [0.15, 0.2) is 0 Å². The van der Waals surface area contributed by atoms with Crippen LogP contribution < -0.4 is 16.4 Å². The summed E-state index contributed by atoms with van der Waals surface area (Å²) in [7, 11) is 0. The van der Waals surface area contributed by atoms with Gasteiger partial charge in [-0.25, -0.2) is 15.0 Å². The minimum atomic E-state index is -0.307. The smallest absolute Gasteiger partial charge is 0.277 e. The number of benzene rings is 1. The first-order valence-corrected chi connectivity index (χ1v) is 10.6. The van der Waals surface area contributed by atoms with E-state index in [2.05, 4.69) is 25.8 Å². The average molecular weight is 423 g/mol. The van der Waals surface area contributed by atoms with Gasteiger partial charge in [0.1, 0.15) is 10.7 Å². The quantitative estimate of drug-likeness (QED) is 0.478. The van der Waals surface area contributed by atoms with E-state index in [-0.39, 0.29) is 17.4 Å². The Morgan fingerprint density at radius 1 is 1.13 bits per heavy atom. The number of hydrazine groups is 1. The minimum absolute atomic E-state index is 0.157. The summed E-state index contributed by atoms with van der Waals surface area (Å²) in [5.74, 6) is 0.745. The number of anilines is 1. The molecule has 1 amide bonds. The Morgan fingerprint density at radius 2 is 1.90 bits per heavy atom. The number of aromatic nitrogens is 4. The maximum atomic E-state index is 12.9. The zero-order chi connectivity index (χ0) is 21.4. The lowest BCUT2D eigenvalue weighted by Gasteiger charge is -2.13. The second-order valence-corrected chi connectivity index (χ2v) is 7.90. The first-order chi connectivity index (χ1) is 14.4. The molecule has 1 aromatic carbocycles. The fraction of sp³-hybridized carbons (Fsp3) is 0.286. The number of fused-ring (bicyclic) bond motifs is 2. The van der Waals surface area contributed by atoms with Gasteiger partial charge >= 0.3 is 0 Å². The molecule has 0 aliphatic heterocycles. The molecular formula is C21H22N6O2S. The maximum Gasteiger partial charge on any atom is 0.280 e. The zero-order valence-electron chi connectivity index (χ0n) is 17.2. The van der Waals surface area contributed by atoms with Crippen LogP contribution in [0.25, 0.3) is 21.1 Å². The normalized spacial score (nSPS) is 11.2. The molecule has 0 aliphatic carbocycles. The number of thiophene rings is 1. The number of amides is 1. The molecule has 0 fully saturated rings. The van der Waals surface area contributed by atoms with Crippen LogP contribution in [0.1, 0.15) is 40.6 Å². The molecule has 0 spiro atoms. The second-order valence-electron chi connectivity index (χ2n) is 6.90. The molecule has 8 nitrogen and oxygen atoms in total. The van der Waals surface area contributed by atoms with Crippen molar-refractivity contribution in [3.05, 3.63) is 56.6 Å². The number of hydrogen-bond donors (Lipinski definition) is 2. The lowest BCUT2D eigenvalue weighted by atomic mass is 10.1. The van der Waals surface area contributed by atoms with Gasteiger partial charge in [0.05, 0.1) is 15.8 Å². The molecule has 0 unspecified atom stereocenters. The molecule has 30 heavy (non-hydrogen) atoms. The summed E-state index contributed by atoms with van der Waals surface area (Å²) in [6.07, 6.45) is 0.735. The SMILES string of the molecule is CCc1nc(C)c2c(C)c(C(=O)NNc3nc4ccccc4c(=O)n3CC)sc2n1. The van der Waals surface area contributed by atoms with E-state index in [1.165, 1.54) is 15.9 Å². The summed E-state index contributed by atoms with van der Waals surface area (Å²) in [6.45, 7) is 8.11. The Labute approximate surface area is 177 Å². The van der Waals surface area contributed by atoms with Crippen LogP contribution in [-0.2, 0) is 13.0 Å². The van der Waals surface area contributed by atoms with E-state index in [1.807, 2.05) is 33.8 Å². The van der Waals surface area contributed by atoms with Crippen molar-refractivity contribution >= 4 is 44.3 Å². The highest BCUT2D eigenvalue weighted by atomic mass is 32.1. The van der Waals surface area contributed by atoms with Crippen LogP contribution in [0.5, 0.6) is 0 Å². The Kier molecular flexibility index (Phi) is 5.21. The molecule has 0 saturated carbocycles. The van der Waals surface area contributed by atoms with Crippen LogP contribution in [0.2, 0.25) is 0 Å². The van der Waals surface area contributed by atoms with Crippen molar-refractivity contribution in [2.24, 2.45) is 0 Å². The van der Waals surface area contributed by atoms with Gasteiger partial charge in [0, 0.05) is 24.0 Å². The standard InChI is InChI=1S/C21H22N6O2S/c1-5-15-22-12(4)16-11(3)17(30-19(16)24-15)18(28)25-26-21-23-14-10-8-7-9-13(14)20(29)27(21)6-2/h7-10H,5-6H2,1-4H3,(H,23,26)(H,25,28). The van der Waals surface area contributed by atoms with Crippen molar-refractivity contribution in [2.75, 3.05) is 5.43 Å². The predicted octanol–water partition coefficient (Wildman–Crippen LogP) is 3.36. The summed E-state index contributed by atoms with van der Waals surface area (Å²) in [5, 5.41) is 1.45. The first kappa shape index (κ1) is 20.0. The Balaban J connectivity index is 1.66. The highest BCUT2D eigenvalue weighted by molar-refractivity contribution is 7.20. The number of nitrogens with one attached hydrogen (secondary N) is 2. The summed E-state index contributed by atoms with van der Waals surface area (Å²) in [5.41, 5.74) is 7.63. The molecule has 3 heterocycles. The number of carbonyl (C=O) groups excluding carboxylic acids is 1. The number of nitrogens with zero attached hydrogens (tertiary/aromatic N) is 4. The third-order valence-electron chi connectivity index (χ3n) is 5.01. The molecule has 0 bridgehead atoms. The molecule has 4 aromatic rings. The zero-order valence-corrected chi connectivity index (χ0v) is 18.1. The van der Waals surface area contributed by atoms with Crippen molar-refractivity contribution in [3.8, 4) is 0 Å².